The Morgan fingerprint density at radius 2 is 0.764 bits per heavy atom. The van der Waals surface area contributed by atoms with Gasteiger partial charge in [-0.3, -0.25) is 23.4 Å². The number of phosphoric acid groups is 1. The van der Waals surface area contributed by atoms with E-state index in [9.17, 15) is 28.9 Å². The Balaban J connectivity index is 4.86. The van der Waals surface area contributed by atoms with E-state index in [-0.39, 0.29) is 25.9 Å². The molecule has 11 nitrogen and oxygen atoms in total. The fourth-order valence-corrected chi connectivity index (χ4v) is 7.96. The zero-order valence-electron chi connectivity index (χ0n) is 45.4. The number of unbranched alkanes of at least 4 members (excludes halogenated alkanes) is 18. The molecular weight excluding hydrogens is 928 g/mol. The first-order chi connectivity index (χ1) is 35.2. The lowest BCUT2D eigenvalue weighted by Gasteiger charge is -2.21. The molecule has 0 spiro atoms. The van der Waals surface area contributed by atoms with Crippen molar-refractivity contribution in [1.82, 2.24) is 0 Å². The number of rotatable bonds is 51. The largest absolute Gasteiger partial charge is 0.472 e. The van der Waals surface area contributed by atoms with Crippen LogP contribution in [0.3, 0.4) is 0 Å². The Bertz CT molecular complexity index is 1580. The van der Waals surface area contributed by atoms with Gasteiger partial charge in [-0.2, -0.15) is 0 Å². The molecule has 0 aliphatic heterocycles. The molecule has 0 aromatic heterocycles. The number of hydrogen-bond donors (Lipinski definition) is 2. The highest BCUT2D eigenvalue weighted by Gasteiger charge is 2.28. The van der Waals surface area contributed by atoms with Crippen LogP contribution in [0.4, 0.5) is 0 Å². The summed E-state index contributed by atoms with van der Waals surface area (Å²) < 4.78 is 39.3. The van der Waals surface area contributed by atoms with E-state index in [1.807, 2.05) is 12.2 Å². The monoisotopic (exact) mass is 1030 g/mol. The molecule has 0 amide bonds. The second kappa shape index (κ2) is 53.7. The van der Waals surface area contributed by atoms with Gasteiger partial charge in [-0.05, 0) is 103 Å². The minimum absolute atomic E-state index is 0.0958. The van der Waals surface area contributed by atoms with Crippen molar-refractivity contribution in [2.45, 2.75) is 238 Å². The minimum atomic E-state index is -4.77. The molecule has 0 saturated heterocycles. The van der Waals surface area contributed by atoms with Crippen LogP contribution >= 0.6 is 7.82 Å². The maximum atomic E-state index is 12.9. The molecule has 0 fully saturated rings. The van der Waals surface area contributed by atoms with Crippen LogP contribution in [0.2, 0.25) is 0 Å². The van der Waals surface area contributed by atoms with Crippen molar-refractivity contribution in [3.05, 3.63) is 97.2 Å². The summed E-state index contributed by atoms with van der Waals surface area (Å²) in [6.45, 7) is 4.37. The van der Waals surface area contributed by atoms with E-state index in [0.29, 0.717) is 19.3 Å². The molecule has 3 atom stereocenters. The quantitative estimate of drug-likeness (QED) is 0.0197. The molecule has 12 heteroatoms. The third kappa shape index (κ3) is 51.3. The average molecular weight is 1030 g/mol. The van der Waals surface area contributed by atoms with E-state index in [1.165, 1.54) is 51.4 Å². The first-order valence-electron chi connectivity index (χ1n) is 28.1. The zero-order chi connectivity index (χ0) is 52.7. The van der Waals surface area contributed by atoms with Crippen LogP contribution in [-0.2, 0) is 42.2 Å². The second-order valence-corrected chi connectivity index (χ2v) is 19.8. The molecule has 3 unspecified atom stereocenters. The lowest BCUT2D eigenvalue weighted by molar-refractivity contribution is -0.161. The molecule has 0 aliphatic rings. The molecule has 0 aromatic rings. The molecule has 0 radical (unpaired) electrons. The van der Waals surface area contributed by atoms with Crippen LogP contribution in [0.5, 0.6) is 0 Å². The summed E-state index contributed by atoms with van der Waals surface area (Å²) in [5.41, 5.74) is 0. The third-order valence-electron chi connectivity index (χ3n) is 11.5. The zero-order valence-corrected chi connectivity index (χ0v) is 46.3. The van der Waals surface area contributed by atoms with E-state index in [0.717, 1.165) is 116 Å². The van der Waals surface area contributed by atoms with Crippen LogP contribution < -0.4 is 0 Å². The number of carbonyl (C=O) groups is 3. The third-order valence-corrected chi connectivity index (χ3v) is 12.4. The summed E-state index contributed by atoms with van der Waals surface area (Å²) in [6, 6.07) is 0. The van der Waals surface area contributed by atoms with Crippen LogP contribution in [0.1, 0.15) is 226 Å². The van der Waals surface area contributed by atoms with Gasteiger partial charge in [-0.15, -0.1) is 0 Å². The molecule has 0 aromatic carbocycles. The fraction of sp³-hybridized carbons (Fsp3) is 0.683. The van der Waals surface area contributed by atoms with Gasteiger partial charge in [0.15, 0.2) is 6.10 Å². The van der Waals surface area contributed by atoms with Gasteiger partial charge in [0.25, 0.3) is 0 Å². The normalized spacial score (nSPS) is 14.1. The van der Waals surface area contributed by atoms with Crippen molar-refractivity contribution in [2.24, 2.45) is 0 Å². The summed E-state index contributed by atoms with van der Waals surface area (Å²) >= 11 is 0. The highest BCUT2D eigenvalue weighted by Crippen LogP contribution is 2.43. The maximum Gasteiger partial charge on any atom is 0.472 e. The standard InChI is InChI=1S/C60H101O11P/c1-4-7-10-13-16-19-22-24-26-27-28-29-31-32-35-37-40-43-46-49-58(62)67-53-57(71-60(64)51-48-45-42-39-36-33-30-25-23-20-17-14-11-8-5-2)55-69-72(65,66)68-54-56(52-61)70-59(63)50-47-44-41-38-34-21-18-15-12-9-6-3/h7,10,15-16,18-19,24-26,28-30,32,35,40,43,56-57,61H,4-6,8-9,11-14,17,20-23,27,31,33-34,36-39,41-42,44-55H2,1-3H3,(H,65,66)/b10-7-,18-15-,19-16-,26-24-,29-28-,30-25-,35-32-,43-40-. The molecule has 0 aliphatic carbocycles. The number of phosphoric ester groups is 1. The Hall–Kier alpha value is -3.60. The van der Waals surface area contributed by atoms with Crippen LogP contribution in [0.25, 0.3) is 0 Å². The van der Waals surface area contributed by atoms with Crippen molar-refractivity contribution in [3.8, 4) is 0 Å². The van der Waals surface area contributed by atoms with E-state index >= 15 is 0 Å². The van der Waals surface area contributed by atoms with Gasteiger partial charge in [-0.25, -0.2) is 4.57 Å². The summed E-state index contributed by atoms with van der Waals surface area (Å²) in [5, 5.41) is 9.78. The SMILES string of the molecule is CC/C=C\C/C=C\C/C=C\C/C=C\C/C=C\C/C=C\CCC(=O)OCC(COP(=O)(O)OCC(CO)OC(=O)CCCCCCC/C=C\CCCC)OC(=O)CCCCCCC/C=C\CCCCCCCC. The van der Waals surface area contributed by atoms with E-state index in [4.69, 9.17) is 23.3 Å². The summed E-state index contributed by atoms with van der Waals surface area (Å²) in [4.78, 5) is 48.4. The van der Waals surface area contributed by atoms with Crippen LogP contribution in [0.15, 0.2) is 97.2 Å². The van der Waals surface area contributed by atoms with Gasteiger partial charge in [0, 0.05) is 19.3 Å². The molecule has 0 rings (SSSR count). The number of esters is 3. The Morgan fingerprint density at radius 1 is 0.403 bits per heavy atom. The first-order valence-corrected chi connectivity index (χ1v) is 29.6. The Morgan fingerprint density at radius 3 is 1.21 bits per heavy atom. The summed E-state index contributed by atoms with van der Waals surface area (Å²) in [6.07, 6.45) is 62.4. The number of aliphatic hydroxyl groups excluding tert-OH is 1. The summed E-state index contributed by atoms with van der Waals surface area (Å²) in [5.74, 6) is -1.59. The van der Waals surface area contributed by atoms with Crippen molar-refractivity contribution in [2.75, 3.05) is 26.4 Å². The predicted octanol–water partition coefficient (Wildman–Crippen LogP) is 16.5. The van der Waals surface area contributed by atoms with E-state index in [1.54, 1.807) is 0 Å². The maximum absolute atomic E-state index is 12.9. The highest BCUT2D eigenvalue weighted by molar-refractivity contribution is 7.47. The number of carbonyl (C=O) groups excluding carboxylic acids is 3. The van der Waals surface area contributed by atoms with Gasteiger partial charge in [0.2, 0.25) is 0 Å². The van der Waals surface area contributed by atoms with Gasteiger partial charge < -0.3 is 24.2 Å². The smallest absolute Gasteiger partial charge is 0.462 e. The molecule has 0 saturated carbocycles. The lowest BCUT2D eigenvalue weighted by Crippen LogP contribution is -2.30. The van der Waals surface area contributed by atoms with Crippen molar-refractivity contribution < 1.29 is 52.2 Å². The Labute approximate surface area is 438 Å². The topological polar surface area (TPSA) is 155 Å². The number of aliphatic hydroxyl groups is 1. The molecule has 0 heterocycles. The second-order valence-electron chi connectivity index (χ2n) is 18.4. The van der Waals surface area contributed by atoms with Crippen molar-refractivity contribution in [3.63, 3.8) is 0 Å². The van der Waals surface area contributed by atoms with Gasteiger partial charge in [0.05, 0.1) is 19.8 Å². The Kier molecular flexibility index (Phi) is 51.0. The van der Waals surface area contributed by atoms with Gasteiger partial charge in [0.1, 0.15) is 12.7 Å². The average Bonchev–Trinajstić information content (AvgIpc) is 3.37. The van der Waals surface area contributed by atoms with E-state index in [2.05, 4.69) is 106 Å². The van der Waals surface area contributed by atoms with E-state index < -0.39 is 57.8 Å². The molecule has 2 N–H and O–H groups in total. The minimum Gasteiger partial charge on any atom is -0.462 e. The predicted molar refractivity (Wildman–Crippen MR) is 297 cm³/mol. The van der Waals surface area contributed by atoms with Gasteiger partial charge >= 0.3 is 25.7 Å². The molecule has 0 bridgehead atoms. The molecular formula is C60H101O11P. The van der Waals surface area contributed by atoms with Crippen molar-refractivity contribution in [1.29, 1.82) is 0 Å². The van der Waals surface area contributed by atoms with Gasteiger partial charge in [-0.1, -0.05) is 201 Å². The van der Waals surface area contributed by atoms with Crippen LogP contribution in [-0.4, -0.2) is 66.5 Å². The molecule has 72 heavy (non-hydrogen) atoms. The lowest BCUT2D eigenvalue weighted by atomic mass is 10.1. The summed E-state index contributed by atoms with van der Waals surface area (Å²) in [7, 11) is -4.77. The fourth-order valence-electron chi connectivity index (χ4n) is 7.18. The first kappa shape index (κ1) is 68.4. The number of ether oxygens (including phenoxy) is 3. The highest BCUT2D eigenvalue weighted by atomic mass is 31.2. The number of hydrogen-bond acceptors (Lipinski definition) is 10. The van der Waals surface area contributed by atoms with Crippen molar-refractivity contribution >= 4 is 25.7 Å². The molecule has 412 valence electrons. The number of allylic oxidation sites excluding steroid dienone is 16. The van der Waals surface area contributed by atoms with Crippen LogP contribution in [0, 0.1) is 0 Å².